The van der Waals surface area contributed by atoms with Crippen LogP contribution in [0.4, 0.5) is 5.69 Å². The van der Waals surface area contributed by atoms with E-state index in [1.165, 1.54) is 16.7 Å². The van der Waals surface area contributed by atoms with Gasteiger partial charge in [-0.1, -0.05) is 30.3 Å². The highest BCUT2D eigenvalue weighted by molar-refractivity contribution is 5.61. The van der Waals surface area contributed by atoms with Crippen molar-refractivity contribution in [1.82, 2.24) is 5.32 Å². The molecule has 2 atom stereocenters. The maximum atomic E-state index is 6.52. The van der Waals surface area contributed by atoms with E-state index in [0.29, 0.717) is 19.1 Å². The molecule has 0 bridgehead atoms. The van der Waals surface area contributed by atoms with E-state index in [4.69, 9.17) is 23.7 Å². The van der Waals surface area contributed by atoms with Crippen molar-refractivity contribution in [1.29, 1.82) is 0 Å². The zero-order valence-corrected chi connectivity index (χ0v) is 21.9. The lowest BCUT2D eigenvalue weighted by Crippen LogP contribution is -2.41. The Balaban J connectivity index is 1.33. The topological polar surface area (TPSA) is 61.4 Å². The van der Waals surface area contributed by atoms with Crippen LogP contribution >= 0.6 is 0 Å². The van der Waals surface area contributed by atoms with Crippen LogP contribution in [0.25, 0.3) is 0 Å². The molecule has 0 spiro atoms. The van der Waals surface area contributed by atoms with Crippen LogP contribution in [0, 0.1) is 0 Å². The average molecular weight is 499 g/mol. The molecule has 2 aliphatic heterocycles. The minimum Gasteiger partial charge on any atom is -0.490 e. The molecular formula is C29H42N2O5. The molecule has 36 heavy (non-hydrogen) atoms. The molecule has 2 aromatic carbocycles. The van der Waals surface area contributed by atoms with Gasteiger partial charge in [0.05, 0.1) is 31.5 Å². The highest BCUT2D eigenvalue weighted by atomic mass is 16.5. The van der Waals surface area contributed by atoms with Crippen molar-refractivity contribution in [3.8, 4) is 5.75 Å². The average Bonchev–Trinajstić information content (AvgIpc) is 2.92. The van der Waals surface area contributed by atoms with Crippen LogP contribution in [0.5, 0.6) is 5.75 Å². The van der Waals surface area contributed by atoms with Crippen LogP contribution in [-0.2, 0) is 32.2 Å². The van der Waals surface area contributed by atoms with E-state index in [9.17, 15) is 0 Å². The van der Waals surface area contributed by atoms with Gasteiger partial charge in [-0.05, 0) is 54.6 Å². The predicted molar refractivity (Wildman–Crippen MR) is 142 cm³/mol. The number of hydrogen-bond donors (Lipinski definition) is 1. The number of ether oxygens (including phenoxy) is 5. The number of methoxy groups -OCH3 is 2. The Kier molecular flexibility index (Phi) is 10.9. The van der Waals surface area contributed by atoms with Gasteiger partial charge in [-0.2, -0.15) is 0 Å². The summed E-state index contributed by atoms with van der Waals surface area (Å²) in [6, 6.07) is 15.3. The monoisotopic (exact) mass is 498 g/mol. The third kappa shape index (κ3) is 7.67. The molecule has 1 saturated heterocycles. The SMILES string of the molecule is COCCCOCc1ccc(C2CCNC[C@@H]2OCc2ccc3c(c2)N(CCCOC)CCO3)cc1. The van der Waals surface area contributed by atoms with Gasteiger partial charge in [-0.15, -0.1) is 0 Å². The summed E-state index contributed by atoms with van der Waals surface area (Å²) in [4.78, 5) is 2.40. The van der Waals surface area contributed by atoms with Crippen molar-refractivity contribution < 1.29 is 23.7 Å². The van der Waals surface area contributed by atoms with Gasteiger partial charge in [0.2, 0.25) is 0 Å². The van der Waals surface area contributed by atoms with E-state index in [0.717, 1.165) is 83.3 Å². The van der Waals surface area contributed by atoms with Crippen LogP contribution < -0.4 is 15.0 Å². The first-order chi connectivity index (χ1) is 17.8. The van der Waals surface area contributed by atoms with Crippen molar-refractivity contribution in [3.05, 3.63) is 59.2 Å². The first kappa shape index (κ1) is 26.9. The quantitative estimate of drug-likeness (QED) is 0.393. The zero-order valence-electron chi connectivity index (χ0n) is 21.9. The second-order valence-corrected chi connectivity index (χ2v) is 9.57. The lowest BCUT2D eigenvalue weighted by molar-refractivity contribution is 0.0106. The normalized spacial score (nSPS) is 19.7. The second-order valence-electron chi connectivity index (χ2n) is 9.57. The third-order valence-corrected chi connectivity index (χ3v) is 6.96. The molecule has 2 aromatic rings. The number of fused-ring (bicyclic) bond motifs is 1. The van der Waals surface area contributed by atoms with Crippen LogP contribution in [0.15, 0.2) is 42.5 Å². The Morgan fingerprint density at radius 2 is 1.75 bits per heavy atom. The molecular weight excluding hydrogens is 456 g/mol. The summed E-state index contributed by atoms with van der Waals surface area (Å²) < 4.78 is 28.5. The first-order valence-electron chi connectivity index (χ1n) is 13.3. The van der Waals surface area contributed by atoms with Crippen LogP contribution in [0.3, 0.4) is 0 Å². The van der Waals surface area contributed by atoms with Crippen LogP contribution in [0.2, 0.25) is 0 Å². The Labute approximate surface area is 216 Å². The molecule has 198 valence electrons. The Hall–Kier alpha value is -2.16. The van der Waals surface area contributed by atoms with Gasteiger partial charge >= 0.3 is 0 Å². The van der Waals surface area contributed by atoms with E-state index >= 15 is 0 Å². The molecule has 0 saturated carbocycles. The summed E-state index contributed by atoms with van der Waals surface area (Å²) >= 11 is 0. The standard InChI is InChI=1S/C29H42N2O5/c1-32-15-3-13-31-14-18-35-28-10-7-24(19-27(28)31)22-36-29-20-30-12-11-26(29)25-8-5-23(6-9-25)21-34-17-4-16-33-2/h5-10,19,26,29-30H,3-4,11-18,20-22H2,1-2H3/t26?,29-/m0/s1. The first-order valence-corrected chi connectivity index (χ1v) is 13.3. The van der Waals surface area contributed by atoms with E-state index < -0.39 is 0 Å². The molecule has 1 unspecified atom stereocenters. The van der Waals surface area contributed by atoms with Gasteiger partial charge in [0.1, 0.15) is 12.4 Å². The summed E-state index contributed by atoms with van der Waals surface area (Å²) in [5, 5.41) is 3.52. The molecule has 0 amide bonds. The molecule has 1 fully saturated rings. The van der Waals surface area contributed by atoms with Crippen molar-refractivity contribution in [2.75, 3.05) is 71.7 Å². The number of benzene rings is 2. The predicted octanol–water partition coefficient (Wildman–Crippen LogP) is 4.14. The molecule has 4 rings (SSSR count). The number of hydrogen-bond acceptors (Lipinski definition) is 7. The van der Waals surface area contributed by atoms with Gasteiger partial charge in [-0.3, -0.25) is 0 Å². The van der Waals surface area contributed by atoms with Crippen LogP contribution in [0.1, 0.15) is 41.9 Å². The number of nitrogens with zero attached hydrogens (tertiary/aromatic N) is 1. The summed E-state index contributed by atoms with van der Waals surface area (Å²) in [6.45, 7) is 7.95. The molecule has 2 heterocycles. The molecule has 7 heteroatoms. The summed E-state index contributed by atoms with van der Waals surface area (Å²) in [5.74, 6) is 1.34. The van der Waals surface area contributed by atoms with E-state index in [-0.39, 0.29) is 6.10 Å². The van der Waals surface area contributed by atoms with Crippen molar-refractivity contribution in [2.45, 2.75) is 44.5 Å². The summed E-state index contributed by atoms with van der Waals surface area (Å²) in [5.41, 5.74) is 4.89. The summed E-state index contributed by atoms with van der Waals surface area (Å²) in [7, 11) is 3.47. The lowest BCUT2D eigenvalue weighted by atomic mass is 9.87. The fraction of sp³-hybridized carbons (Fsp3) is 0.586. The van der Waals surface area contributed by atoms with E-state index in [1.54, 1.807) is 14.2 Å². The van der Waals surface area contributed by atoms with Crippen LogP contribution in [-0.4, -0.2) is 72.9 Å². The van der Waals surface area contributed by atoms with Crippen molar-refractivity contribution in [3.63, 3.8) is 0 Å². The molecule has 2 aliphatic rings. The number of nitrogens with one attached hydrogen (secondary N) is 1. The Bertz CT molecular complexity index is 907. The molecule has 0 radical (unpaired) electrons. The lowest BCUT2D eigenvalue weighted by Gasteiger charge is -2.33. The zero-order chi connectivity index (χ0) is 25.0. The number of anilines is 1. The van der Waals surface area contributed by atoms with E-state index in [1.807, 2.05) is 0 Å². The number of rotatable bonds is 14. The molecule has 0 aromatic heterocycles. The third-order valence-electron chi connectivity index (χ3n) is 6.96. The van der Waals surface area contributed by atoms with Gasteiger partial charge < -0.3 is 33.9 Å². The molecule has 0 aliphatic carbocycles. The molecule has 7 nitrogen and oxygen atoms in total. The summed E-state index contributed by atoms with van der Waals surface area (Å²) in [6.07, 6.45) is 3.14. The Morgan fingerprint density at radius 3 is 2.58 bits per heavy atom. The smallest absolute Gasteiger partial charge is 0.142 e. The fourth-order valence-corrected chi connectivity index (χ4v) is 4.99. The minimum atomic E-state index is 0.139. The highest BCUT2D eigenvalue weighted by Crippen LogP contribution is 2.34. The Morgan fingerprint density at radius 1 is 0.944 bits per heavy atom. The van der Waals surface area contributed by atoms with Crippen molar-refractivity contribution in [2.24, 2.45) is 0 Å². The second kappa shape index (κ2) is 14.5. The maximum absolute atomic E-state index is 6.52. The van der Waals surface area contributed by atoms with Gasteiger partial charge in [0, 0.05) is 53.0 Å². The van der Waals surface area contributed by atoms with E-state index in [2.05, 4.69) is 52.7 Å². The van der Waals surface area contributed by atoms with Crippen molar-refractivity contribution >= 4 is 5.69 Å². The van der Waals surface area contributed by atoms with Gasteiger partial charge in [0.25, 0.3) is 0 Å². The highest BCUT2D eigenvalue weighted by Gasteiger charge is 2.27. The number of piperidine rings is 1. The molecule has 1 N–H and O–H groups in total. The van der Waals surface area contributed by atoms with Gasteiger partial charge in [-0.25, -0.2) is 0 Å². The largest absolute Gasteiger partial charge is 0.490 e. The van der Waals surface area contributed by atoms with Gasteiger partial charge in [0.15, 0.2) is 0 Å². The maximum Gasteiger partial charge on any atom is 0.142 e. The fourth-order valence-electron chi connectivity index (χ4n) is 4.99. The minimum absolute atomic E-state index is 0.139.